The molecule has 2 aromatic rings. The number of esters is 1. The highest BCUT2D eigenvalue weighted by Crippen LogP contribution is 2.31. The molecule has 7 heteroatoms. The lowest BCUT2D eigenvalue weighted by molar-refractivity contribution is -0.152. The molecule has 0 unspecified atom stereocenters. The highest BCUT2D eigenvalue weighted by molar-refractivity contribution is 6.37. The molecule has 2 heterocycles. The number of carbonyl (C=O) groups excluding carboxylic acids is 3. The number of hydrogen-bond donors (Lipinski definition) is 1. The maximum absolute atomic E-state index is 12.6. The van der Waals surface area contributed by atoms with Gasteiger partial charge in [-0.2, -0.15) is 0 Å². The third-order valence-electron chi connectivity index (χ3n) is 3.85. The third-order valence-corrected chi connectivity index (χ3v) is 3.85. The zero-order chi connectivity index (χ0) is 17.8. The molecule has 2 amide bonds. The van der Waals surface area contributed by atoms with Gasteiger partial charge in [0.2, 0.25) is 0 Å². The number of ether oxygens (including phenoxy) is 1. The lowest BCUT2D eigenvalue weighted by atomic mass is 10.1. The number of pyridine rings is 1. The molecule has 1 aliphatic rings. The first-order chi connectivity index (χ1) is 12.1. The first-order valence-electron chi connectivity index (χ1n) is 7.93. The van der Waals surface area contributed by atoms with Crippen LogP contribution in [0.2, 0.25) is 0 Å². The molecule has 1 N–H and O–H groups in total. The molecular formula is C18H17N3O4. The van der Waals surface area contributed by atoms with Crippen molar-refractivity contribution < 1.29 is 19.1 Å². The van der Waals surface area contributed by atoms with Gasteiger partial charge in [0.25, 0.3) is 5.91 Å². The standard InChI is InChI=1S/C18H17N3O4/c1-2-25-18(24)16(22)20-14-5-6-15-12(10-14)7-9-21(15)17(23)13-4-3-8-19-11-13/h3-6,8,10-11H,2,7,9H2,1H3,(H,20,22). The van der Waals surface area contributed by atoms with Gasteiger partial charge in [-0.15, -0.1) is 0 Å². The summed E-state index contributed by atoms with van der Waals surface area (Å²) in [6.45, 7) is 2.33. The van der Waals surface area contributed by atoms with E-state index in [0.29, 0.717) is 24.2 Å². The highest BCUT2D eigenvalue weighted by Gasteiger charge is 2.26. The lowest BCUT2D eigenvalue weighted by Crippen LogP contribution is -2.28. The highest BCUT2D eigenvalue weighted by atomic mass is 16.5. The van der Waals surface area contributed by atoms with Crippen LogP contribution in [0.25, 0.3) is 0 Å². The summed E-state index contributed by atoms with van der Waals surface area (Å²) in [6, 6.07) is 8.63. The van der Waals surface area contributed by atoms with Crippen LogP contribution in [-0.2, 0) is 20.7 Å². The number of aromatic nitrogens is 1. The van der Waals surface area contributed by atoms with E-state index in [1.807, 2.05) is 0 Å². The van der Waals surface area contributed by atoms with E-state index in [1.165, 1.54) is 6.20 Å². The van der Waals surface area contributed by atoms with Crippen molar-refractivity contribution in [3.05, 3.63) is 53.9 Å². The Labute approximate surface area is 144 Å². The second-order valence-corrected chi connectivity index (χ2v) is 5.47. The number of hydrogen-bond acceptors (Lipinski definition) is 5. The van der Waals surface area contributed by atoms with Gasteiger partial charge in [-0.05, 0) is 49.2 Å². The van der Waals surface area contributed by atoms with Crippen LogP contribution in [0, 0.1) is 0 Å². The summed E-state index contributed by atoms with van der Waals surface area (Å²) in [7, 11) is 0. The summed E-state index contributed by atoms with van der Waals surface area (Å²) in [6.07, 6.45) is 3.83. The molecule has 3 rings (SSSR count). The van der Waals surface area contributed by atoms with E-state index in [1.54, 1.807) is 48.4 Å². The molecule has 25 heavy (non-hydrogen) atoms. The van der Waals surface area contributed by atoms with Crippen LogP contribution in [0.3, 0.4) is 0 Å². The Morgan fingerprint density at radius 1 is 1.28 bits per heavy atom. The Balaban J connectivity index is 1.76. The van der Waals surface area contributed by atoms with Gasteiger partial charge < -0.3 is 15.0 Å². The molecule has 0 atom stereocenters. The number of nitrogens with zero attached hydrogens (tertiary/aromatic N) is 2. The molecule has 128 valence electrons. The Bertz CT molecular complexity index is 820. The van der Waals surface area contributed by atoms with Crippen LogP contribution in [-0.4, -0.2) is 35.9 Å². The molecule has 1 aromatic carbocycles. The topological polar surface area (TPSA) is 88.6 Å². The summed E-state index contributed by atoms with van der Waals surface area (Å²) < 4.78 is 4.66. The Morgan fingerprint density at radius 3 is 2.84 bits per heavy atom. The Hall–Kier alpha value is -3.22. The summed E-state index contributed by atoms with van der Waals surface area (Å²) in [5.41, 5.74) is 2.74. The first-order valence-corrected chi connectivity index (χ1v) is 7.93. The lowest BCUT2D eigenvalue weighted by Gasteiger charge is -2.17. The second kappa shape index (κ2) is 7.12. The van der Waals surface area contributed by atoms with Crippen molar-refractivity contribution in [1.82, 2.24) is 4.98 Å². The van der Waals surface area contributed by atoms with Crippen molar-refractivity contribution in [1.29, 1.82) is 0 Å². The first kappa shape index (κ1) is 16.6. The monoisotopic (exact) mass is 339 g/mol. The zero-order valence-electron chi connectivity index (χ0n) is 13.7. The number of rotatable bonds is 3. The van der Waals surface area contributed by atoms with Crippen molar-refractivity contribution in [2.75, 3.05) is 23.4 Å². The molecule has 0 saturated heterocycles. The smallest absolute Gasteiger partial charge is 0.397 e. The van der Waals surface area contributed by atoms with Gasteiger partial charge in [0.1, 0.15) is 0 Å². The molecule has 0 radical (unpaired) electrons. The van der Waals surface area contributed by atoms with E-state index < -0.39 is 11.9 Å². The van der Waals surface area contributed by atoms with E-state index >= 15 is 0 Å². The van der Waals surface area contributed by atoms with Gasteiger partial charge in [0.05, 0.1) is 12.2 Å². The van der Waals surface area contributed by atoms with Gasteiger partial charge in [-0.1, -0.05) is 0 Å². The van der Waals surface area contributed by atoms with Gasteiger partial charge in [0, 0.05) is 30.3 Å². The average molecular weight is 339 g/mol. The van der Waals surface area contributed by atoms with Crippen LogP contribution in [0.5, 0.6) is 0 Å². The van der Waals surface area contributed by atoms with E-state index in [-0.39, 0.29) is 12.5 Å². The average Bonchev–Trinajstić information content (AvgIpc) is 3.05. The van der Waals surface area contributed by atoms with E-state index in [2.05, 4.69) is 15.0 Å². The van der Waals surface area contributed by atoms with Crippen LogP contribution >= 0.6 is 0 Å². The summed E-state index contributed by atoms with van der Waals surface area (Å²) >= 11 is 0. The molecule has 0 bridgehead atoms. The number of amides is 2. The predicted molar refractivity (Wildman–Crippen MR) is 91.3 cm³/mol. The molecule has 7 nitrogen and oxygen atoms in total. The zero-order valence-corrected chi connectivity index (χ0v) is 13.7. The van der Waals surface area contributed by atoms with Gasteiger partial charge in [-0.25, -0.2) is 4.79 Å². The van der Waals surface area contributed by atoms with Gasteiger partial charge in [-0.3, -0.25) is 14.6 Å². The maximum Gasteiger partial charge on any atom is 0.397 e. The van der Waals surface area contributed by atoms with E-state index in [0.717, 1.165) is 11.3 Å². The third kappa shape index (κ3) is 3.50. The molecule has 1 aromatic heterocycles. The minimum Gasteiger partial charge on any atom is -0.459 e. The largest absolute Gasteiger partial charge is 0.459 e. The van der Waals surface area contributed by atoms with Crippen LogP contribution < -0.4 is 10.2 Å². The quantitative estimate of drug-likeness (QED) is 0.680. The van der Waals surface area contributed by atoms with Crippen molar-refractivity contribution in [2.45, 2.75) is 13.3 Å². The summed E-state index contributed by atoms with van der Waals surface area (Å²) in [5, 5.41) is 2.51. The molecule has 0 saturated carbocycles. The van der Waals surface area contributed by atoms with Gasteiger partial charge >= 0.3 is 11.9 Å². The fourth-order valence-corrected chi connectivity index (χ4v) is 2.71. The van der Waals surface area contributed by atoms with E-state index in [4.69, 9.17) is 0 Å². The number of anilines is 2. The number of benzene rings is 1. The maximum atomic E-state index is 12.6. The Kier molecular flexibility index (Phi) is 4.74. The number of fused-ring (bicyclic) bond motifs is 1. The molecule has 0 spiro atoms. The number of nitrogens with one attached hydrogen (secondary N) is 1. The van der Waals surface area contributed by atoms with E-state index in [9.17, 15) is 14.4 Å². The SMILES string of the molecule is CCOC(=O)C(=O)Nc1ccc2c(c1)CCN2C(=O)c1cccnc1. The summed E-state index contributed by atoms with van der Waals surface area (Å²) in [4.78, 5) is 41.3. The van der Waals surface area contributed by atoms with Gasteiger partial charge in [0.15, 0.2) is 0 Å². The second-order valence-electron chi connectivity index (χ2n) is 5.47. The number of carbonyl (C=O) groups is 3. The normalized spacial score (nSPS) is 12.4. The predicted octanol–water partition coefficient (Wildman–Crippen LogP) is 1.79. The molecule has 0 fully saturated rings. The summed E-state index contributed by atoms with van der Waals surface area (Å²) in [5.74, 6) is -1.85. The molecule has 1 aliphatic heterocycles. The van der Waals surface area contributed by atoms with Crippen molar-refractivity contribution in [3.63, 3.8) is 0 Å². The molecular weight excluding hydrogens is 322 g/mol. The molecule has 0 aliphatic carbocycles. The van der Waals surface area contributed by atoms with Crippen LogP contribution in [0.4, 0.5) is 11.4 Å². The fraction of sp³-hybridized carbons (Fsp3) is 0.222. The Morgan fingerprint density at radius 2 is 2.12 bits per heavy atom. The van der Waals surface area contributed by atoms with Crippen molar-refractivity contribution >= 4 is 29.2 Å². The van der Waals surface area contributed by atoms with Crippen molar-refractivity contribution in [3.8, 4) is 0 Å². The van der Waals surface area contributed by atoms with Crippen LogP contribution in [0.1, 0.15) is 22.8 Å². The van der Waals surface area contributed by atoms with Crippen LogP contribution in [0.15, 0.2) is 42.7 Å². The minimum atomic E-state index is -0.920. The fourth-order valence-electron chi connectivity index (χ4n) is 2.71. The van der Waals surface area contributed by atoms with Crippen molar-refractivity contribution in [2.24, 2.45) is 0 Å². The minimum absolute atomic E-state index is 0.116.